The summed E-state index contributed by atoms with van der Waals surface area (Å²) in [5.74, 6) is -0.236. The highest BCUT2D eigenvalue weighted by atomic mass is 16.5. The van der Waals surface area contributed by atoms with Gasteiger partial charge in [0.2, 0.25) is 0 Å². The first-order valence-electron chi connectivity index (χ1n) is 6.02. The molecule has 0 atom stereocenters. The second-order valence-corrected chi connectivity index (χ2v) is 4.22. The number of carbonyl (C=O) groups is 1. The van der Waals surface area contributed by atoms with Gasteiger partial charge in [-0.2, -0.15) is 0 Å². The Kier molecular flexibility index (Phi) is 5.47. The number of rotatable bonds is 5. The van der Waals surface area contributed by atoms with Gasteiger partial charge in [0.05, 0.1) is 0 Å². The lowest BCUT2D eigenvalue weighted by Gasteiger charge is -2.06. The molecule has 0 saturated carbocycles. The van der Waals surface area contributed by atoms with Crippen molar-refractivity contribution < 1.29 is 9.53 Å². The van der Waals surface area contributed by atoms with E-state index in [1.54, 1.807) is 0 Å². The van der Waals surface area contributed by atoms with Crippen molar-refractivity contribution >= 4 is 12.0 Å². The number of ether oxygens (including phenoxy) is 1. The van der Waals surface area contributed by atoms with E-state index in [2.05, 4.69) is 31.2 Å². The molecule has 1 aromatic carbocycles. The summed E-state index contributed by atoms with van der Waals surface area (Å²) < 4.78 is 4.97. The zero-order chi connectivity index (χ0) is 12.7. The van der Waals surface area contributed by atoms with E-state index in [0.29, 0.717) is 6.61 Å². The molecule has 0 radical (unpaired) electrons. The summed E-state index contributed by atoms with van der Waals surface area (Å²) in [6, 6.07) is 8.34. The van der Waals surface area contributed by atoms with Gasteiger partial charge in [-0.15, -0.1) is 0 Å². The Morgan fingerprint density at radius 1 is 1.29 bits per heavy atom. The minimum absolute atomic E-state index is 0.236. The number of esters is 1. The molecule has 0 aliphatic carbocycles. The van der Waals surface area contributed by atoms with Crippen LogP contribution in [-0.4, -0.2) is 12.6 Å². The van der Waals surface area contributed by atoms with Crippen LogP contribution in [0.4, 0.5) is 0 Å². The van der Waals surface area contributed by atoms with E-state index in [0.717, 1.165) is 18.4 Å². The second kappa shape index (κ2) is 6.89. The summed E-state index contributed by atoms with van der Waals surface area (Å²) in [5, 5.41) is 0. The van der Waals surface area contributed by atoms with Crippen LogP contribution in [0, 0.1) is 0 Å². The fraction of sp³-hybridized carbons (Fsp3) is 0.400. The molecule has 0 aromatic heterocycles. The maximum absolute atomic E-state index is 10.7. The summed E-state index contributed by atoms with van der Waals surface area (Å²) in [7, 11) is 0. The van der Waals surface area contributed by atoms with Gasteiger partial charge in [0.25, 0.3) is 0 Å². The standard InChI is InChI=1S/C15H20O2/c1-4-7-14-8-5-6-9-15(14)10-12(2)11-17-13(3)16/h5-6,8-10H,4,7,11H2,1-3H3. The highest BCUT2D eigenvalue weighted by Crippen LogP contribution is 2.15. The van der Waals surface area contributed by atoms with Crippen LogP contribution in [0.5, 0.6) is 0 Å². The van der Waals surface area contributed by atoms with Crippen LogP contribution in [-0.2, 0) is 16.0 Å². The normalized spacial score (nSPS) is 11.4. The first-order valence-corrected chi connectivity index (χ1v) is 6.02. The lowest BCUT2D eigenvalue weighted by Crippen LogP contribution is -2.01. The highest BCUT2D eigenvalue weighted by Gasteiger charge is 2.00. The second-order valence-electron chi connectivity index (χ2n) is 4.22. The molecule has 17 heavy (non-hydrogen) atoms. The third-order valence-electron chi connectivity index (χ3n) is 2.48. The predicted octanol–water partition coefficient (Wildman–Crippen LogP) is 3.61. The van der Waals surface area contributed by atoms with E-state index in [4.69, 9.17) is 4.74 Å². The van der Waals surface area contributed by atoms with E-state index >= 15 is 0 Å². The van der Waals surface area contributed by atoms with Crippen LogP contribution < -0.4 is 0 Å². The Morgan fingerprint density at radius 2 is 2.00 bits per heavy atom. The van der Waals surface area contributed by atoms with Gasteiger partial charge in [-0.25, -0.2) is 0 Å². The van der Waals surface area contributed by atoms with E-state index in [9.17, 15) is 4.79 Å². The van der Waals surface area contributed by atoms with Gasteiger partial charge in [0.1, 0.15) is 6.61 Å². The molecule has 0 heterocycles. The molecule has 0 fully saturated rings. The molecule has 0 N–H and O–H groups in total. The van der Waals surface area contributed by atoms with Crippen LogP contribution in [0.15, 0.2) is 29.8 Å². The van der Waals surface area contributed by atoms with Crippen molar-refractivity contribution in [1.29, 1.82) is 0 Å². The molecular formula is C15H20O2. The lowest BCUT2D eigenvalue weighted by molar-refractivity contribution is -0.139. The minimum Gasteiger partial charge on any atom is -0.461 e. The van der Waals surface area contributed by atoms with Crippen LogP contribution in [0.3, 0.4) is 0 Å². The topological polar surface area (TPSA) is 26.3 Å². The van der Waals surface area contributed by atoms with Gasteiger partial charge in [-0.05, 0) is 30.0 Å². The Bertz CT molecular complexity index is 405. The van der Waals surface area contributed by atoms with Crippen LogP contribution in [0.2, 0.25) is 0 Å². The Morgan fingerprint density at radius 3 is 2.65 bits per heavy atom. The first kappa shape index (κ1) is 13.5. The number of benzene rings is 1. The van der Waals surface area contributed by atoms with E-state index in [-0.39, 0.29) is 5.97 Å². The van der Waals surface area contributed by atoms with Gasteiger partial charge < -0.3 is 4.74 Å². The summed E-state index contributed by atoms with van der Waals surface area (Å²) in [6.45, 7) is 5.95. The average Bonchev–Trinajstić information content (AvgIpc) is 2.29. The van der Waals surface area contributed by atoms with Crippen molar-refractivity contribution in [3.05, 3.63) is 41.0 Å². The van der Waals surface area contributed by atoms with Gasteiger partial charge in [0.15, 0.2) is 0 Å². The molecular weight excluding hydrogens is 212 g/mol. The van der Waals surface area contributed by atoms with E-state index < -0.39 is 0 Å². The minimum atomic E-state index is -0.236. The van der Waals surface area contributed by atoms with Gasteiger partial charge in [0, 0.05) is 6.92 Å². The molecule has 1 aromatic rings. The van der Waals surface area contributed by atoms with Crippen molar-refractivity contribution in [3.8, 4) is 0 Å². The number of aryl methyl sites for hydroxylation is 1. The summed E-state index contributed by atoms with van der Waals surface area (Å²) in [5.41, 5.74) is 3.62. The zero-order valence-electron chi connectivity index (χ0n) is 10.8. The molecule has 0 aliphatic heterocycles. The summed E-state index contributed by atoms with van der Waals surface area (Å²) in [4.78, 5) is 10.7. The summed E-state index contributed by atoms with van der Waals surface area (Å²) in [6.07, 6.45) is 4.30. The van der Waals surface area contributed by atoms with Crippen LogP contribution in [0.25, 0.3) is 6.08 Å². The SMILES string of the molecule is CCCc1ccccc1C=C(C)COC(C)=O. The molecule has 0 spiro atoms. The molecule has 2 heteroatoms. The number of hydrogen-bond acceptors (Lipinski definition) is 2. The van der Waals surface area contributed by atoms with Crippen molar-refractivity contribution in [2.24, 2.45) is 0 Å². The van der Waals surface area contributed by atoms with Crippen molar-refractivity contribution in [3.63, 3.8) is 0 Å². The average molecular weight is 232 g/mol. The van der Waals surface area contributed by atoms with Gasteiger partial charge >= 0.3 is 5.97 Å². The van der Waals surface area contributed by atoms with Gasteiger partial charge in [-0.3, -0.25) is 4.79 Å². The van der Waals surface area contributed by atoms with Gasteiger partial charge in [-0.1, -0.05) is 43.7 Å². The lowest BCUT2D eigenvalue weighted by atomic mass is 10.0. The van der Waals surface area contributed by atoms with Crippen LogP contribution >= 0.6 is 0 Å². The quantitative estimate of drug-likeness (QED) is 0.725. The van der Waals surface area contributed by atoms with E-state index in [1.165, 1.54) is 18.1 Å². The molecule has 0 unspecified atom stereocenters. The third kappa shape index (κ3) is 4.85. The number of carbonyl (C=O) groups excluding carboxylic acids is 1. The molecule has 92 valence electrons. The smallest absolute Gasteiger partial charge is 0.302 e. The summed E-state index contributed by atoms with van der Waals surface area (Å²) >= 11 is 0. The molecule has 1 rings (SSSR count). The molecule has 2 nitrogen and oxygen atoms in total. The Balaban J connectivity index is 2.77. The Hall–Kier alpha value is -1.57. The molecule has 0 amide bonds. The van der Waals surface area contributed by atoms with Crippen molar-refractivity contribution in [2.75, 3.05) is 6.61 Å². The zero-order valence-corrected chi connectivity index (χ0v) is 10.8. The molecule has 0 bridgehead atoms. The predicted molar refractivity (Wildman–Crippen MR) is 70.7 cm³/mol. The molecule has 0 saturated heterocycles. The Labute approximate surface area is 103 Å². The maximum atomic E-state index is 10.7. The van der Waals surface area contributed by atoms with Crippen molar-refractivity contribution in [1.82, 2.24) is 0 Å². The fourth-order valence-electron chi connectivity index (χ4n) is 1.69. The third-order valence-corrected chi connectivity index (χ3v) is 2.48. The monoisotopic (exact) mass is 232 g/mol. The maximum Gasteiger partial charge on any atom is 0.302 e. The van der Waals surface area contributed by atoms with Crippen LogP contribution in [0.1, 0.15) is 38.3 Å². The van der Waals surface area contributed by atoms with E-state index in [1.807, 2.05) is 13.0 Å². The highest BCUT2D eigenvalue weighted by molar-refractivity contribution is 5.66. The largest absolute Gasteiger partial charge is 0.461 e. The number of hydrogen-bond donors (Lipinski definition) is 0. The fourth-order valence-corrected chi connectivity index (χ4v) is 1.69. The van der Waals surface area contributed by atoms with Crippen molar-refractivity contribution in [2.45, 2.75) is 33.6 Å². The first-order chi connectivity index (χ1) is 8.13. The molecule has 0 aliphatic rings.